The summed E-state index contributed by atoms with van der Waals surface area (Å²) >= 11 is 7.15. The zero-order chi connectivity index (χ0) is 18.0. The number of nitrogens with zero attached hydrogens (tertiary/aromatic N) is 1. The first-order valence-corrected chi connectivity index (χ1v) is 9.01. The predicted molar refractivity (Wildman–Crippen MR) is 102 cm³/mol. The highest BCUT2D eigenvalue weighted by Gasteiger charge is 2.14. The van der Waals surface area contributed by atoms with E-state index < -0.39 is 0 Å². The zero-order valence-corrected chi connectivity index (χ0v) is 15.4. The fourth-order valence-corrected chi connectivity index (χ4v) is 3.76. The van der Waals surface area contributed by atoms with Crippen LogP contribution in [-0.2, 0) is 6.54 Å². The summed E-state index contributed by atoms with van der Waals surface area (Å²) in [7, 11) is 1.50. The van der Waals surface area contributed by atoms with Gasteiger partial charge in [-0.05, 0) is 42.8 Å². The molecular formula is C18H17ClN2O3S. The molecule has 0 saturated heterocycles. The van der Waals surface area contributed by atoms with Gasteiger partial charge in [0.25, 0.3) is 5.91 Å². The molecule has 0 aliphatic carbocycles. The summed E-state index contributed by atoms with van der Waals surface area (Å²) in [6, 6.07) is 10.3. The Hall–Kier alpha value is -2.31. The second-order valence-corrected chi connectivity index (χ2v) is 6.93. The third kappa shape index (κ3) is 3.55. The number of aryl methyl sites for hydroxylation is 1. The molecule has 0 radical (unpaired) electrons. The van der Waals surface area contributed by atoms with Gasteiger partial charge in [0.1, 0.15) is 5.75 Å². The number of anilines is 1. The molecule has 3 aromatic rings. The number of ether oxygens (including phenoxy) is 1. The van der Waals surface area contributed by atoms with Crippen LogP contribution in [0.3, 0.4) is 0 Å². The van der Waals surface area contributed by atoms with Crippen LogP contribution in [0, 0.1) is 0 Å². The SMILES string of the molecule is CCCn1c(=O)sc2cc(NC(=O)c3cc(Cl)ccc3OC)ccc21. The van der Waals surface area contributed by atoms with Crippen LogP contribution in [-0.4, -0.2) is 17.6 Å². The summed E-state index contributed by atoms with van der Waals surface area (Å²) in [6.07, 6.45) is 0.888. The summed E-state index contributed by atoms with van der Waals surface area (Å²) in [5, 5.41) is 3.29. The number of fused-ring (bicyclic) bond motifs is 1. The van der Waals surface area contributed by atoms with Gasteiger partial charge < -0.3 is 10.1 Å². The number of hydrogen-bond donors (Lipinski definition) is 1. The smallest absolute Gasteiger partial charge is 0.308 e. The first-order chi connectivity index (χ1) is 12.0. The Morgan fingerprint density at radius 2 is 2.08 bits per heavy atom. The van der Waals surface area contributed by atoms with Crippen LogP contribution in [0.1, 0.15) is 23.7 Å². The molecule has 0 unspecified atom stereocenters. The van der Waals surface area contributed by atoms with Gasteiger partial charge in [0, 0.05) is 17.3 Å². The lowest BCUT2D eigenvalue weighted by Crippen LogP contribution is -2.13. The van der Waals surface area contributed by atoms with Gasteiger partial charge in [0.05, 0.1) is 22.9 Å². The Bertz CT molecular complexity index is 994. The van der Waals surface area contributed by atoms with Crippen molar-refractivity contribution in [2.75, 3.05) is 12.4 Å². The summed E-state index contributed by atoms with van der Waals surface area (Å²) in [5.74, 6) is 0.126. The fraction of sp³-hybridized carbons (Fsp3) is 0.222. The summed E-state index contributed by atoms with van der Waals surface area (Å²) in [6.45, 7) is 2.72. The van der Waals surface area contributed by atoms with Gasteiger partial charge in [-0.3, -0.25) is 14.2 Å². The van der Waals surface area contributed by atoms with E-state index in [1.54, 1.807) is 28.8 Å². The van der Waals surface area contributed by atoms with E-state index in [0.717, 1.165) is 16.6 Å². The Kier molecular flexibility index (Phi) is 5.11. The molecule has 1 aromatic heterocycles. The highest BCUT2D eigenvalue weighted by molar-refractivity contribution is 7.16. The van der Waals surface area contributed by atoms with Crippen LogP contribution in [0.15, 0.2) is 41.2 Å². The molecule has 0 saturated carbocycles. The van der Waals surface area contributed by atoms with E-state index in [-0.39, 0.29) is 10.8 Å². The average molecular weight is 377 g/mol. The van der Waals surface area contributed by atoms with Crippen molar-refractivity contribution in [2.45, 2.75) is 19.9 Å². The monoisotopic (exact) mass is 376 g/mol. The van der Waals surface area contributed by atoms with E-state index in [4.69, 9.17) is 16.3 Å². The normalized spacial score (nSPS) is 10.8. The van der Waals surface area contributed by atoms with Gasteiger partial charge in [-0.25, -0.2) is 0 Å². The molecule has 130 valence electrons. The molecule has 0 aliphatic heterocycles. The Balaban J connectivity index is 1.92. The average Bonchev–Trinajstić information content (AvgIpc) is 2.90. The van der Waals surface area contributed by atoms with Gasteiger partial charge >= 0.3 is 4.87 Å². The maximum absolute atomic E-state index is 12.5. The molecule has 1 amide bonds. The molecule has 0 bridgehead atoms. The van der Waals surface area contributed by atoms with Crippen LogP contribution in [0.4, 0.5) is 5.69 Å². The number of benzene rings is 2. The van der Waals surface area contributed by atoms with Gasteiger partial charge in [0.15, 0.2) is 0 Å². The van der Waals surface area contributed by atoms with Gasteiger partial charge in [0.2, 0.25) is 0 Å². The number of carbonyl (C=O) groups excluding carboxylic acids is 1. The molecule has 1 heterocycles. The largest absolute Gasteiger partial charge is 0.496 e. The van der Waals surface area contributed by atoms with Gasteiger partial charge in [-0.1, -0.05) is 29.9 Å². The first kappa shape index (κ1) is 17.5. The van der Waals surface area contributed by atoms with Crippen LogP contribution >= 0.6 is 22.9 Å². The summed E-state index contributed by atoms with van der Waals surface area (Å²) < 4.78 is 7.81. The molecule has 7 heteroatoms. The van der Waals surface area contributed by atoms with Crippen molar-refractivity contribution in [1.29, 1.82) is 0 Å². The number of aromatic nitrogens is 1. The number of carbonyl (C=O) groups is 1. The minimum Gasteiger partial charge on any atom is -0.496 e. The van der Waals surface area contributed by atoms with E-state index in [1.807, 2.05) is 19.1 Å². The van der Waals surface area contributed by atoms with Crippen LogP contribution in [0.5, 0.6) is 5.75 Å². The number of halogens is 1. The summed E-state index contributed by atoms with van der Waals surface area (Å²) in [5.41, 5.74) is 1.85. The molecule has 2 aromatic carbocycles. The third-order valence-electron chi connectivity index (χ3n) is 3.78. The molecule has 5 nitrogen and oxygen atoms in total. The van der Waals surface area contributed by atoms with Crippen molar-refractivity contribution in [1.82, 2.24) is 4.57 Å². The minimum absolute atomic E-state index is 0.0110. The van der Waals surface area contributed by atoms with E-state index >= 15 is 0 Å². The van der Waals surface area contributed by atoms with Crippen molar-refractivity contribution in [3.63, 3.8) is 0 Å². The minimum atomic E-state index is -0.320. The van der Waals surface area contributed by atoms with Crippen molar-refractivity contribution >= 4 is 44.7 Å². The highest BCUT2D eigenvalue weighted by atomic mass is 35.5. The standard InChI is InChI=1S/C18H17ClN2O3S/c1-3-8-21-14-6-5-12(10-16(14)25-18(21)23)20-17(22)13-9-11(19)4-7-15(13)24-2/h4-7,9-10H,3,8H2,1-2H3,(H,20,22). The lowest BCUT2D eigenvalue weighted by Gasteiger charge is -2.10. The van der Waals surface area contributed by atoms with Crippen LogP contribution in [0.2, 0.25) is 5.02 Å². The molecule has 1 N–H and O–H groups in total. The quantitative estimate of drug-likeness (QED) is 0.718. The fourth-order valence-electron chi connectivity index (χ4n) is 2.64. The van der Waals surface area contributed by atoms with Crippen molar-refractivity contribution in [3.05, 3.63) is 56.7 Å². The van der Waals surface area contributed by atoms with E-state index in [9.17, 15) is 9.59 Å². The highest BCUT2D eigenvalue weighted by Crippen LogP contribution is 2.26. The molecule has 0 fully saturated rings. The molecule has 3 rings (SSSR count). The number of nitrogens with one attached hydrogen (secondary N) is 1. The van der Waals surface area contributed by atoms with Crippen LogP contribution in [0.25, 0.3) is 10.2 Å². The van der Waals surface area contributed by atoms with Gasteiger partial charge in [-0.15, -0.1) is 0 Å². The zero-order valence-electron chi connectivity index (χ0n) is 13.8. The topological polar surface area (TPSA) is 60.3 Å². The Morgan fingerprint density at radius 3 is 2.80 bits per heavy atom. The van der Waals surface area contributed by atoms with Crippen molar-refractivity contribution in [2.24, 2.45) is 0 Å². The maximum Gasteiger partial charge on any atom is 0.308 e. The van der Waals surface area contributed by atoms with Gasteiger partial charge in [-0.2, -0.15) is 0 Å². The number of hydrogen-bond acceptors (Lipinski definition) is 4. The van der Waals surface area contributed by atoms with Crippen LogP contribution < -0.4 is 14.9 Å². The number of amides is 1. The van der Waals surface area contributed by atoms with E-state index in [1.165, 1.54) is 18.4 Å². The van der Waals surface area contributed by atoms with E-state index in [2.05, 4.69) is 5.32 Å². The lowest BCUT2D eigenvalue weighted by atomic mass is 10.2. The molecule has 0 aliphatic rings. The molecule has 25 heavy (non-hydrogen) atoms. The number of rotatable bonds is 5. The predicted octanol–water partition coefficient (Wildman–Crippen LogP) is 4.39. The molecule has 0 atom stereocenters. The lowest BCUT2D eigenvalue weighted by molar-refractivity contribution is 0.102. The van der Waals surface area contributed by atoms with Crippen molar-refractivity contribution < 1.29 is 9.53 Å². The van der Waals surface area contributed by atoms with E-state index in [0.29, 0.717) is 28.6 Å². The molecular weight excluding hydrogens is 360 g/mol. The Morgan fingerprint density at radius 1 is 1.28 bits per heavy atom. The number of thiazole rings is 1. The third-order valence-corrected chi connectivity index (χ3v) is 4.96. The summed E-state index contributed by atoms with van der Waals surface area (Å²) in [4.78, 5) is 24.6. The number of methoxy groups -OCH3 is 1. The maximum atomic E-state index is 12.5. The van der Waals surface area contributed by atoms with Crippen molar-refractivity contribution in [3.8, 4) is 5.75 Å². The molecule has 0 spiro atoms. The Labute approximate surface area is 153 Å². The second-order valence-electron chi connectivity index (χ2n) is 5.50. The second kappa shape index (κ2) is 7.29. The first-order valence-electron chi connectivity index (χ1n) is 7.81.